The van der Waals surface area contributed by atoms with Gasteiger partial charge in [0.1, 0.15) is 17.6 Å². The molecule has 0 amide bonds. The zero-order valence-electron chi connectivity index (χ0n) is 6.31. The first-order valence-corrected chi connectivity index (χ1v) is 3.14. The van der Waals surface area contributed by atoms with Crippen LogP contribution in [0.15, 0.2) is 0 Å². The number of hydrogen-bond donors (Lipinski definition) is 0. The minimum Gasteiger partial charge on any atom is -0.348 e. The zero-order chi connectivity index (χ0) is 8.57. The monoisotopic (exact) mass is 166 g/mol. The first-order valence-electron chi connectivity index (χ1n) is 2.83. The Labute approximate surface area is 65.5 Å². The molecular weight excluding hydrogens is 156 g/mol. The average molecular weight is 167 g/mol. The minimum atomic E-state index is -0.392. The van der Waals surface area contributed by atoms with E-state index in [9.17, 15) is 9.59 Å². The Morgan fingerprint density at radius 2 is 1.70 bits per heavy atom. The number of carbonyl (C=O) groups excluding carboxylic acids is 2. The maximum absolute atomic E-state index is 9.83. The Hall–Kier alpha value is -0.570. The molecule has 0 aromatic heterocycles. The van der Waals surface area contributed by atoms with Gasteiger partial charge in [-0.05, 0) is 13.8 Å². The van der Waals surface area contributed by atoms with Gasteiger partial charge in [0.15, 0.2) is 0 Å². The summed E-state index contributed by atoms with van der Waals surface area (Å²) in [7, 11) is 0. The number of halogens is 1. The first kappa shape index (κ1) is 12.1. The van der Waals surface area contributed by atoms with Gasteiger partial charge >= 0.3 is 5.97 Å². The Kier molecular flexibility index (Phi) is 10.2. The van der Waals surface area contributed by atoms with Crippen LogP contribution < -0.4 is 0 Å². The molecule has 0 atom stereocenters. The predicted octanol–water partition coefficient (Wildman–Crippen LogP) is 1.69. The van der Waals surface area contributed by atoms with Crippen molar-refractivity contribution in [2.45, 2.75) is 27.2 Å². The Bertz CT molecular complexity index is 102. The fourth-order valence-electron chi connectivity index (χ4n) is 0.0546. The summed E-state index contributed by atoms with van der Waals surface area (Å²) in [6, 6.07) is 0. The van der Waals surface area contributed by atoms with Crippen molar-refractivity contribution in [3.63, 3.8) is 0 Å². The standard InChI is InChI=1S/C3H5ClO2.C3H6O/c1-2-3(5)6-4;1-3(2)4/h2H2,1H3;1-2H3. The third kappa shape index (κ3) is 26.1. The van der Waals surface area contributed by atoms with Crippen molar-refractivity contribution in [3.05, 3.63) is 0 Å². The van der Waals surface area contributed by atoms with Crippen LogP contribution in [-0.4, -0.2) is 11.8 Å². The molecular formula is C6H11ClO3. The molecule has 0 aromatic rings. The van der Waals surface area contributed by atoms with E-state index in [1.807, 2.05) is 0 Å². The van der Waals surface area contributed by atoms with Gasteiger partial charge in [0, 0.05) is 6.42 Å². The fraction of sp³-hybridized carbons (Fsp3) is 0.667. The van der Waals surface area contributed by atoms with Crippen LogP contribution >= 0.6 is 11.9 Å². The third-order valence-electron chi connectivity index (χ3n) is 0.375. The number of rotatable bonds is 1. The molecule has 0 aliphatic heterocycles. The van der Waals surface area contributed by atoms with E-state index < -0.39 is 5.97 Å². The molecule has 0 N–H and O–H groups in total. The van der Waals surface area contributed by atoms with E-state index in [1.54, 1.807) is 6.92 Å². The molecule has 0 spiro atoms. The van der Waals surface area contributed by atoms with E-state index in [1.165, 1.54) is 13.8 Å². The van der Waals surface area contributed by atoms with Crippen LogP contribution in [0.3, 0.4) is 0 Å². The lowest BCUT2D eigenvalue weighted by molar-refractivity contribution is -0.133. The van der Waals surface area contributed by atoms with Crippen LogP contribution in [0.5, 0.6) is 0 Å². The molecule has 0 aromatic carbocycles. The lowest BCUT2D eigenvalue weighted by Crippen LogP contribution is -1.90. The Morgan fingerprint density at radius 3 is 1.70 bits per heavy atom. The van der Waals surface area contributed by atoms with E-state index in [0.717, 1.165) is 0 Å². The summed E-state index contributed by atoms with van der Waals surface area (Å²) in [6.45, 7) is 4.73. The van der Waals surface area contributed by atoms with Crippen molar-refractivity contribution in [1.29, 1.82) is 0 Å². The predicted molar refractivity (Wildman–Crippen MR) is 38.6 cm³/mol. The van der Waals surface area contributed by atoms with Gasteiger partial charge in [0.05, 0.1) is 0 Å². The molecule has 10 heavy (non-hydrogen) atoms. The average Bonchev–Trinajstić information content (AvgIpc) is 1.85. The van der Waals surface area contributed by atoms with E-state index in [2.05, 4.69) is 16.2 Å². The second-order valence-corrected chi connectivity index (χ2v) is 1.87. The third-order valence-corrected chi connectivity index (χ3v) is 0.547. The summed E-state index contributed by atoms with van der Waals surface area (Å²) in [4.78, 5) is 19.3. The van der Waals surface area contributed by atoms with E-state index in [-0.39, 0.29) is 5.78 Å². The van der Waals surface area contributed by atoms with Crippen molar-refractivity contribution in [2.24, 2.45) is 0 Å². The normalized spacial score (nSPS) is 7.20. The fourth-order valence-corrected chi connectivity index (χ4v) is 0.164. The molecule has 0 radical (unpaired) electrons. The molecule has 0 rings (SSSR count). The summed E-state index contributed by atoms with van der Waals surface area (Å²) in [5.74, 6) is -0.225. The molecule has 60 valence electrons. The van der Waals surface area contributed by atoms with Crippen LogP contribution in [-0.2, 0) is 13.9 Å². The second kappa shape index (κ2) is 8.43. The maximum Gasteiger partial charge on any atom is 0.324 e. The van der Waals surface area contributed by atoms with Crippen LogP contribution in [0.4, 0.5) is 0 Å². The van der Waals surface area contributed by atoms with Gasteiger partial charge in [-0.2, -0.15) is 0 Å². The summed E-state index contributed by atoms with van der Waals surface area (Å²) in [5, 5.41) is 0. The van der Waals surface area contributed by atoms with Crippen LogP contribution in [0, 0.1) is 0 Å². The van der Waals surface area contributed by atoms with Crippen molar-refractivity contribution in [1.82, 2.24) is 0 Å². The molecule has 0 aliphatic carbocycles. The van der Waals surface area contributed by atoms with Gasteiger partial charge in [0.2, 0.25) is 0 Å². The van der Waals surface area contributed by atoms with Crippen LogP contribution in [0.2, 0.25) is 0 Å². The highest BCUT2D eigenvalue weighted by Gasteiger charge is 1.90. The van der Waals surface area contributed by atoms with E-state index in [4.69, 9.17) is 0 Å². The van der Waals surface area contributed by atoms with Gasteiger partial charge in [0.25, 0.3) is 0 Å². The largest absolute Gasteiger partial charge is 0.348 e. The molecule has 0 saturated heterocycles. The highest BCUT2D eigenvalue weighted by atomic mass is 35.5. The van der Waals surface area contributed by atoms with Crippen molar-refractivity contribution in [2.75, 3.05) is 0 Å². The summed E-state index contributed by atoms with van der Waals surface area (Å²) < 4.78 is 3.73. The minimum absolute atomic E-state index is 0.167. The Balaban J connectivity index is 0. The van der Waals surface area contributed by atoms with Crippen molar-refractivity contribution >= 4 is 23.6 Å². The number of ketones is 1. The SMILES string of the molecule is CC(C)=O.CCC(=O)OCl. The van der Waals surface area contributed by atoms with Gasteiger partial charge in [-0.3, -0.25) is 4.79 Å². The Morgan fingerprint density at radius 1 is 1.40 bits per heavy atom. The molecule has 0 bridgehead atoms. The zero-order valence-corrected chi connectivity index (χ0v) is 7.07. The second-order valence-electron chi connectivity index (χ2n) is 1.71. The van der Waals surface area contributed by atoms with E-state index >= 15 is 0 Å². The lowest BCUT2D eigenvalue weighted by atomic mass is 10.5. The van der Waals surface area contributed by atoms with Gasteiger partial charge in [-0.1, -0.05) is 6.92 Å². The van der Waals surface area contributed by atoms with Crippen molar-refractivity contribution < 1.29 is 13.9 Å². The number of Topliss-reactive ketones (excluding diaryl/α,β-unsaturated/α-hetero) is 1. The molecule has 4 heteroatoms. The van der Waals surface area contributed by atoms with Gasteiger partial charge in [-0.25, -0.2) is 0 Å². The maximum atomic E-state index is 9.83. The van der Waals surface area contributed by atoms with Crippen molar-refractivity contribution in [3.8, 4) is 0 Å². The summed E-state index contributed by atoms with van der Waals surface area (Å²) in [6.07, 6.45) is 0.337. The lowest BCUT2D eigenvalue weighted by Gasteiger charge is -1.81. The molecule has 0 fully saturated rings. The van der Waals surface area contributed by atoms with Crippen LogP contribution in [0.25, 0.3) is 0 Å². The smallest absolute Gasteiger partial charge is 0.324 e. The molecule has 0 unspecified atom stereocenters. The summed E-state index contributed by atoms with van der Waals surface area (Å²) in [5.41, 5.74) is 0. The topological polar surface area (TPSA) is 43.4 Å². The highest BCUT2D eigenvalue weighted by Crippen LogP contribution is 1.84. The number of carbonyl (C=O) groups is 2. The highest BCUT2D eigenvalue weighted by molar-refractivity contribution is 6.13. The molecule has 0 saturated carbocycles. The first-order chi connectivity index (χ1) is 4.54. The summed E-state index contributed by atoms with van der Waals surface area (Å²) >= 11 is 4.60. The number of hydrogen-bond acceptors (Lipinski definition) is 3. The molecule has 3 nitrogen and oxygen atoms in total. The van der Waals surface area contributed by atoms with Gasteiger partial charge in [-0.15, -0.1) is 0 Å². The molecule has 0 aliphatic rings. The van der Waals surface area contributed by atoms with Gasteiger partial charge < -0.3 is 9.08 Å². The molecule has 0 heterocycles. The van der Waals surface area contributed by atoms with E-state index in [0.29, 0.717) is 6.42 Å². The van der Waals surface area contributed by atoms with Crippen LogP contribution in [0.1, 0.15) is 27.2 Å². The quantitative estimate of drug-likeness (QED) is 0.596.